The van der Waals surface area contributed by atoms with Crippen LogP contribution in [0.4, 0.5) is 5.69 Å². The average Bonchev–Trinajstić information content (AvgIpc) is 2.36. The summed E-state index contributed by atoms with van der Waals surface area (Å²) in [4.78, 5) is 0. The highest BCUT2D eigenvalue weighted by Crippen LogP contribution is 2.13. The summed E-state index contributed by atoms with van der Waals surface area (Å²) in [5, 5.41) is 3.41. The fourth-order valence-corrected chi connectivity index (χ4v) is 1.70. The van der Waals surface area contributed by atoms with Gasteiger partial charge in [-0.15, -0.1) is 6.42 Å². The van der Waals surface area contributed by atoms with E-state index in [1.54, 1.807) is 7.11 Å². The van der Waals surface area contributed by atoms with Crippen molar-refractivity contribution in [2.24, 2.45) is 5.73 Å². The summed E-state index contributed by atoms with van der Waals surface area (Å²) >= 11 is 0. The van der Waals surface area contributed by atoms with Gasteiger partial charge in [0.05, 0.1) is 6.61 Å². The highest BCUT2D eigenvalue weighted by atomic mass is 16.5. The van der Waals surface area contributed by atoms with E-state index in [2.05, 4.69) is 11.2 Å². The molecule has 0 aliphatic carbocycles. The highest BCUT2D eigenvalue weighted by Gasteiger charge is 2.07. The van der Waals surface area contributed by atoms with Crippen LogP contribution in [0, 0.1) is 12.3 Å². The van der Waals surface area contributed by atoms with Crippen molar-refractivity contribution in [1.82, 2.24) is 0 Å². The molecule has 92 valence electrons. The van der Waals surface area contributed by atoms with Crippen molar-refractivity contribution in [3.8, 4) is 12.3 Å². The van der Waals surface area contributed by atoms with Gasteiger partial charge in [-0.3, -0.25) is 0 Å². The first-order valence-corrected chi connectivity index (χ1v) is 5.82. The molecule has 0 aliphatic rings. The maximum Gasteiger partial charge on any atom is 0.0664 e. The lowest BCUT2D eigenvalue weighted by Gasteiger charge is -2.19. The number of rotatable bonds is 7. The molecule has 0 aliphatic heterocycles. The third-order valence-electron chi connectivity index (χ3n) is 2.52. The Bertz CT molecular complexity index is 371. The van der Waals surface area contributed by atoms with Crippen LogP contribution in [0.1, 0.15) is 18.4 Å². The SMILES string of the molecule is C#Cc1cccc(NC(CCCN)COC)c1. The number of hydrogen-bond acceptors (Lipinski definition) is 3. The lowest BCUT2D eigenvalue weighted by atomic mass is 10.1. The van der Waals surface area contributed by atoms with Crippen LogP contribution in [0.15, 0.2) is 24.3 Å². The first-order valence-electron chi connectivity index (χ1n) is 5.82. The third kappa shape index (κ3) is 4.90. The summed E-state index contributed by atoms with van der Waals surface area (Å²) in [7, 11) is 1.70. The average molecular weight is 232 g/mol. The van der Waals surface area contributed by atoms with Crippen molar-refractivity contribution < 1.29 is 4.74 Å². The normalized spacial score (nSPS) is 11.8. The maximum atomic E-state index is 5.52. The summed E-state index contributed by atoms with van der Waals surface area (Å²) in [6.45, 7) is 1.37. The fraction of sp³-hybridized carbons (Fsp3) is 0.429. The first-order chi connectivity index (χ1) is 8.30. The second-order valence-electron chi connectivity index (χ2n) is 3.95. The van der Waals surface area contributed by atoms with E-state index in [1.165, 1.54) is 0 Å². The van der Waals surface area contributed by atoms with Crippen LogP contribution >= 0.6 is 0 Å². The Kier molecular flexibility index (Phi) is 6.16. The van der Waals surface area contributed by atoms with Crippen LogP contribution in [0.3, 0.4) is 0 Å². The number of nitrogens with two attached hydrogens (primary N) is 1. The summed E-state index contributed by atoms with van der Waals surface area (Å²) < 4.78 is 5.19. The minimum absolute atomic E-state index is 0.275. The Balaban J connectivity index is 2.61. The zero-order valence-corrected chi connectivity index (χ0v) is 10.3. The van der Waals surface area contributed by atoms with Crippen LogP contribution in [0.2, 0.25) is 0 Å². The Morgan fingerprint density at radius 1 is 1.53 bits per heavy atom. The van der Waals surface area contributed by atoms with Crippen molar-refractivity contribution in [1.29, 1.82) is 0 Å². The van der Waals surface area contributed by atoms with Gasteiger partial charge in [0.1, 0.15) is 0 Å². The molecule has 0 aromatic heterocycles. The smallest absolute Gasteiger partial charge is 0.0664 e. The van der Waals surface area contributed by atoms with Gasteiger partial charge in [0, 0.05) is 24.4 Å². The van der Waals surface area contributed by atoms with E-state index in [9.17, 15) is 0 Å². The van der Waals surface area contributed by atoms with Gasteiger partial charge < -0.3 is 15.8 Å². The van der Waals surface area contributed by atoms with Gasteiger partial charge in [-0.1, -0.05) is 12.0 Å². The number of terminal acetylenes is 1. The highest BCUT2D eigenvalue weighted by molar-refractivity contribution is 5.50. The van der Waals surface area contributed by atoms with Gasteiger partial charge in [-0.2, -0.15) is 0 Å². The summed E-state index contributed by atoms with van der Waals surface area (Å²) in [5.41, 5.74) is 7.42. The largest absolute Gasteiger partial charge is 0.383 e. The molecule has 1 atom stereocenters. The van der Waals surface area contributed by atoms with E-state index in [-0.39, 0.29) is 6.04 Å². The Labute approximate surface area is 103 Å². The van der Waals surface area contributed by atoms with Gasteiger partial charge in [-0.25, -0.2) is 0 Å². The van der Waals surface area contributed by atoms with Crippen molar-refractivity contribution in [2.75, 3.05) is 25.6 Å². The Morgan fingerprint density at radius 3 is 3.00 bits per heavy atom. The van der Waals surface area contributed by atoms with E-state index < -0.39 is 0 Å². The van der Waals surface area contributed by atoms with E-state index in [4.69, 9.17) is 16.9 Å². The van der Waals surface area contributed by atoms with Gasteiger partial charge in [0.15, 0.2) is 0 Å². The van der Waals surface area contributed by atoms with Crippen LogP contribution < -0.4 is 11.1 Å². The fourth-order valence-electron chi connectivity index (χ4n) is 1.70. The Hall–Kier alpha value is -1.50. The van der Waals surface area contributed by atoms with Crippen LogP contribution in [0.5, 0.6) is 0 Å². The molecule has 0 radical (unpaired) electrons. The quantitative estimate of drug-likeness (QED) is 0.705. The first kappa shape index (κ1) is 13.6. The molecule has 1 aromatic carbocycles. The summed E-state index contributed by atoms with van der Waals surface area (Å²) in [5.74, 6) is 2.62. The molecule has 0 bridgehead atoms. The molecule has 0 heterocycles. The molecule has 1 aromatic rings. The van der Waals surface area contributed by atoms with Gasteiger partial charge in [0.2, 0.25) is 0 Å². The van der Waals surface area contributed by atoms with Crippen LogP contribution in [0.25, 0.3) is 0 Å². The zero-order valence-electron chi connectivity index (χ0n) is 10.3. The standard InChI is InChI=1S/C14H20N2O/c1-3-12-6-4-7-13(10-12)16-14(11-17-2)8-5-9-15/h1,4,6-7,10,14,16H,5,8-9,11,15H2,2H3. The minimum Gasteiger partial charge on any atom is -0.383 e. The zero-order chi connectivity index (χ0) is 12.5. The monoisotopic (exact) mass is 232 g/mol. The number of nitrogens with one attached hydrogen (secondary N) is 1. The van der Waals surface area contributed by atoms with Crippen molar-refractivity contribution in [2.45, 2.75) is 18.9 Å². The topological polar surface area (TPSA) is 47.3 Å². The lowest BCUT2D eigenvalue weighted by Crippen LogP contribution is -2.25. The number of methoxy groups -OCH3 is 1. The predicted molar refractivity (Wildman–Crippen MR) is 72.0 cm³/mol. The van der Waals surface area contributed by atoms with Crippen molar-refractivity contribution in [3.05, 3.63) is 29.8 Å². The molecule has 3 nitrogen and oxygen atoms in total. The van der Waals surface area contributed by atoms with Crippen molar-refractivity contribution >= 4 is 5.69 Å². The van der Waals surface area contributed by atoms with E-state index in [0.29, 0.717) is 13.2 Å². The molecule has 1 unspecified atom stereocenters. The molecular weight excluding hydrogens is 212 g/mol. The van der Waals surface area contributed by atoms with E-state index >= 15 is 0 Å². The maximum absolute atomic E-state index is 5.52. The van der Waals surface area contributed by atoms with Gasteiger partial charge in [-0.05, 0) is 37.6 Å². The third-order valence-corrected chi connectivity index (χ3v) is 2.52. The second kappa shape index (κ2) is 7.72. The molecule has 0 amide bonds. The lowest BCUT2D eigenvalue weighted by molar-refractivity contribution is 0.182. The van der Waals surface area contributed by atoms with Crippen molar-refractivity contribution in [3.63, 3.8) is 0 Å². The van der Waals surface area contributed by atoms with Gasteiger partial charge in [0.25, 0.3) is 0 Å². The summed E-state index contributed by atoms with van der Waals surface area (Å²) in [6.07, 6.45) is 7.34. The summed E-state index contributed by atoms with van der Waals surface area (Å²) in [6, 6.07) is 8.11. The van der Waals surface area contributed by atoms with Crippen LogP contribution in [-0.4, -0.2) is 26.3 Å². The number of ether oxygens (including phenoxy) is 1. The number of hydrogen-bond donors (Lipinski definition) is 2. The molecule has 0 saturated carbocycles. The number of anilines is 1. The molecular formula is C14H20N2O. The molecule has 3 N–H and O–H groups in total. The Morgan fingerprint density at radius 2 is 2.35 bits per heavy atom. The molecule has 3 heteroatoms. The van der Waals surface area contributed by atoms with E-state index in [1.807, 2.05) is 24.3 Å². The van der Waals surface area contributed by atoms with Crippen LogP contribution in [-0.2, 0) is 4.74 Å². The molecule has 0 fully saturated rings. The van der Waals surface area contributed by atoms with Gasteiger partial charge >= 0.3 is 0 Å². The molecule has 0 saturated heterocycles. The van der Waals surface area contributed by atoms with E-state index in [0.717, 1.165) is 24.1 Å². The minimum atomic E-state index is 0.275. The second-order valence-corrected chi connectivity index (χ2v) is 3.95. The predicted octanol–water partition coefficient (Wildman–Crippen LogP) is 1.83. The molecule has 1 rings (SSSR count). The number of benzene rings is 1. The molecule has 17 heavy (non-hydrogen) atoms. The molecule has 0 spiro atoms.